The topological polar surface area (TPSA) is 134 Å². The fourth-order valence-electron chi connectivity index (χ4n) is 5.66. The molecule has 1 atom stereocenters. The van der Waals surface area contributed by atoms with Crippen LogP contribution in [0.25, 0.3) is 22.6 Å². The molecule has 0 aliphatic carbocycles. The average Bonchev–Trinajstić information content (AvgIpc) is 3.23. The number of likely N-dealkylation sites (N-methyl/N-ethyl adjacent to an activating group) is 1. The number of aliphatic hydroxyl groups is 1. The van der Waals surface area contributed by atoms with Gasteiger partial charge in [0.2, 0.25) is 10.0 Å². The summed E-state index contributed by atoms with van der Waals surface area (Å²) in [6.07, 6.45) is 2.46. The van der Waals surface area contributed by atoms with Gasteiger partial charge in [-0.1, -0.05) is 17.3 Å². The third-order valence-corrected chi connectivity index (χ3v) is 9.18. The molecule has 0 saturated carbocycles. The standard InChI is InChI=1S/C28H38N6O5S/c1-18-25(24-19(2)32-39-20(24)3)30-26(21-7-6-8-23(13-21)38-15-22(35)14-29-4)31-27(18)33-11-9-28(10-12-33)16-34(17-28)40(5,36)37/h6-8,13,22,29,35H,9-12,14-17H2,1-5H3. The SMILES string of the molecule is CNCC(O)COc1cccc(-c2nc(-c3c(C)noc3C)c(C)c(N3CCC4(CC3)CN(S(C)(=O)=O)C4)n2)c1. The third kappa shape index (κ3) is 5.71. The molecule has 2 saturated heterocycles. The number of aryl methyl sites for hydroxylation is 2. The van der Waals surface area contributed by atoms with E-state index in [1.807, 2.05) is 45.0 Å². The first-order valence-electron chi connectivity index (χ1n) is 13.6. The van der Waals surface area contributed by atoms with Gasteiger partial charge in [0.25, 0.3) is 0 Å². The Bertz CT molecular complexity index is 1450. The Hall–Kier alpha value is -3.06. The number of sulfonamides is 1. The second kappa shape index (κ2) is 11.1. The van der Waals surface area contributed by atoms with E-state index in [2.05, 4.69) is 15.4 Å². The van der Waals surface area contributed by atoms with Crippen LogP contribution >= 0.6 is 0 Å². The van der Waals surface area contributed by atoms with Crippen LogP contribution in [0.3, 0.4) is 0 Å². The number of hydrogen-bond acceptors (Lipinski definition) is 10. The van der Waals surface area contributed by atoms with Gasteiger partial charge in [0.15, 0.2) is 5.82 Å². The maximum Gasteiger partial charge on any atom is 0.211 e. The van der Waals surface area contributed by atoms with Crippen molar-refractivity contribution in [3.8, 4) is 28.4 Å². The summed E-state index contributed by atoms with van der Waals surface area (Å²) in [5.41, 5.74) is 4.19. The van der Waals surface area contributed by atoms with Gasteiger partial charge in [0.05, 0.1) is 23.2 Å². The van der Waals surface area contributed by atoms with Crippen LogP contribution in [0.1, 0.15) is 29.9 Å². The molecule has 2 aliphatic heterocycles. The molecule has 1 spiro atoms. The van der Waals surface area contributed by atoms with Gasteiger partial charge in [-0.2, -0.15) is 0 Å². The monoisotopic (exact) mass is 570 g/mol. The molecule has 12 heteroatoms. The lowest BCUT2D eigenvalue weighted by molar-refractivity contribution is 0.0441. The molecule has 11 nitrogen and oxygen atoms in total. The average molecular weight is 571 g/mol. The zero-order valence-corrected chi connectivity index (χ0v) is 24.6. The van der Waals surface area contributed by atoms with Gasteiger partial charge in [-0.3, -0.25) is 0 Å². The Morgan fingerprint density at radius 3 is 2.52 bits per heavy atom. The van der Waals surface area contributed by atoms with Crippen molar-refractivity contribution in [3.63, 3.8) is 0 Å². The van der Waals surface area contributed by atoms with Crippen LogP contribution in [0.5, 0.6) is 5.75 Å². The number of benzene rings is 1. The summed E-state index contributed by atoms with van der Waals surface area (Å²) in [4.78, 5) is 12.3. The van der Waals surface area contributed by atoms with Crippen LogP contribution in [0.2, 0.25) is 0 Å². The van der Waals surface area contributed by atoms with Crippen LogP contribution < -0.4 is 15.0 Å². The molecular weight excluding hydrogens is 532 g/mol. The molecule has 3 aromatic rings. The Balaban J connectivity index is 1.46. The minimum Gasteiger partial charge on any atom is -0.491 e. The molecule has 0 amide bonds. The lowest BCUT2D eigenvalue weighted by Crippen LogP contribution is -2.61. The number of ether oxygens (including phenoxy) is 1. The number of aromatic nitrogens is 3. The van der Waals surface area contributed by atoms with Gasteiger partial charge >= 0.3 is 0 Å². The molecule has 40 heavy (non-hydrogen) atoms. The summed E-state index contributed by atoms with van der Waals surface area (Å²) >= 11 is 0. The van der Waals surface area contributed by atoms with Gasteiger partial charge in [0, 0.05) is 49.3 Å². The van der Waals surface area contributed by atoms with Crippen molar-refractivity contribution in [1.29, 1.82) is 0 Å². The number of aliphatic hydroxyl groups excluding tert-OH is 1. The first kappa shape index (κ1) is 28.5. The highest BCUT2D eigenvalue weighted by atomic mass is 32.2. The summed E-state index contributed by atoms with van der Waals surface area (Å²) in [5, 5.41) is 17.1. The van der Waals surface area contributed by atoms with E-state index in [9.17, 15) is 13.5 Å². The van der Waals surface area contributed by atoms with Crippen LogP contribution in [-0.2, 0) is 10.0 Å². The first-order valence-corrected chi connectivity index (χ1v) is 15.4. The smallest absolute Gasteiger partial charge is 0.211 e. The number of nitrogens with zero attached hydrogens (tertiary/aromatic N) is 5. The predicted octanol–water partition coefficient (Wildman–Crippen LogP) is 2.54. The van der Waals surface area contributed by atoms with Crippen LogP contribution in [0, 0.1) is 26.2 Å². The number of piperidine rings is 1. The lowest BCUT2D eigenvalue weighted by Gasteiger charge is -2.53. The van der Waals surface area contributed by atoms with Crippen molar-refractivity contribution in [2.75, 3.05) is 57.5 Å². The van der Waals surface area contributed by atoms with E-state index >= 15 is 0 Å². The van der Waals surface area contributed by atoms with E-state index in [-0.39, 0.29) is 12.0 Å². The third-order valence-electron chi connectivity index (χ3n) is 7.98. The van der Waals surface area contributed by atoms with Crippen LogP contribution in [0.4, 0.5) is 5.82 Å². The van der Waals surface area contributed by atoms with E-state index in [1.165, 1.54) is 6.26 Å². The number of anilines is 1. The number of hydrogen-bond donors (Lipinski definition) is 2. The van der Waals surface area contributed by atoms with E-state index in [0.717, 1.165) is 59.8 Å². The van der Waals surface area contributed by atoms with Gasteiger partial charge in [-0.15, -0.1) is 0 Å². The summed E-state index contributed by atoms with van der Waals surface area (Å²) in [7, 11) is -1.36. The van der Waals surface area contributed by atoms with Crippen molar-refractivity contribution in [2.45, 2.75) is 39.7 Å². The molecule has 4 heterocycles. The van der Waals surface area contributed by atoms with E-state index in [1.54, 1.807) is 11.4 Å². The van der Waals surface area contributed by atoms with E-state index < -0.39 is 16.1 Å². The highest BCUT2D eigenvalue weighted by Gasteiger charge is 2.48. The Morgan fingerprint density at radius 1 is 1.18 bits per heavy atom. The number of nitrogens with one attached hydrogen (secondary N) is 1. The van der Waals surface area contributed by atoms with Gasteiger partial charge in [-0.05, 0) is 52.8 Å². The largest absolute Gasteiger partial charge is 0.491 e. The summed E-state index contributed by atoms with van der Waals surface area (Å²) in [6, 6.07) is 7.57. The van der Waals surface area contributed by atoms with E-state index in [4.69, 9.17) is 19.2 Å². The van der Waals surface area contributed by atoms with Crippen LogP contribution in [-0.4, -0.2) is 91.7 Å². The molecule has 2 aromatic heterocycles. The van der Waals surface area contributed by atoms with Crippen LogP contribution in [0.15, 0.2) is 28.8 Å². The molecule has 2 N–H and O–H groups in total. The van der Waals surface area contributed by atoms with Crippen molar-refractivity contribution in [2.24, 2.45) is 5.41 Å². The maximum atomic E-state index is 11.9. The van der Waals surface area contributed by atoms with Crippen molar-refractivity contribution < 1.29 is 22.8 Å². The van der Waals surface area contributed by atoms with Crippen molar-refractivity contribution >= 4 is 15.8 Å². The fraction of sp³-hybridized carbons (Fsp3) is 0.536. The molecule has 2 aliphatic rings. The molecule has 0 bridgehead atoms. The summed E-state index contributed by atoms with van der Waals surface area (Å²) in [6.45, 7) is 9.17. The zero-order valence-electron chi connectivity index (χ0n) is 23.8. The molecule has 1 aromatic carbocycles. The Labute approximate surface area is 235 Å². The number of rotatable bonds is 9. The van der Waals surface area contributed by atoms with Crippen molar-refractivity contribution in [3.05, 3.63) is 41.3 Å². The Kier molecular flexibility index (Phi) is 7.88. The highest BCUT2D eigenvalue weighted by molar-refractivity contribution is 7.88. The minimum absolute atomic E-state index is 0.0390. The molecule has 1 unspecified atom stereocenters. The Morgan fingerprint density at radius 2 is 1.90 bits per heavy atom. The lowest BCUT2D eigenvalue weighted by atomic mass is 9.73. The quantitative estimate of drug-likeness (QED) is 0.395. The first-order chi connectivity index (χ1) is 19.0. The molecule has 5 rings (SSSR count). The summed E-state index contributed by atoms with van der Waals surface area (Å²) < 4.78 is 36.8. The van der Waals surface area contributed by atoms with Crippen molar-refractivity contribution in [1.82, 2.24) is 24.7 Å². The normalized spacial score (nSPS) is 18.1. The van der Waals surface area contributed by atoms with E-state index in [0.29, 0.717) is 37.0 Å². The minimum atomic E-state index is -3.15. The fourth-order valence-corrected chi connectivity index (χ4v) is 6.68. The second-order valence-corrected chi connectivity index (χ2v) is 13.1. The van der Waals surface area contributed by atoms with Gasteiger partial charge < -0.3 is 24.6 Å². The second-order valence-electron chi connectivity index (χ2n) is 11.1. The maximum absolute atomic E-state index is 11.9. The molecule has 216 valence electrons. The predicted molar refractivity (Wildman–Crippen MR) is 153 cm³/mol. The highest BCUT2D eigenvalue weighted by Crippen LogP contribution is 2.43. The summed E-state index contributed by atoms with van der Waals surface area (Å²) in [5.74, 6) is 2.73. The molecule has 2 fully saturated rings. The zero-order chi connectivity index (χ0) is 28.7. The van der Waals surface area contributed by atoms with Gasteiger partial charge in [-0.25, -0.2) is 22.7 Å². The molecular formula is C28H38N6O5S. The molecule has 0 radical (unpaired) electrons. The van der Waals surface area contributed by atoms with Gasteiger partial charge in [0.1, 0.15) is 30.0 Å².